The van der Waals surface area contributed by atoms with Crippen LogP contribution in [0.1, 0.15) is 28.3 Å². The fraction of sp³-hybridized carbons (Fsp3) is 0.154. The van der Waals surface area contributed by atoms with Crippen LogP contribution in [0.3, 0.4) is 0 Å². The number of nitrogens with zero attached hydrogens (tertiary/aromatic N) is 1. The van der Waals surface area contributed by atoms with Gasteiger partial charge in [0.15, 0.2) is 0 Å². The minimum absolute atomic E-state index is 0.0195. The van der Waals surface area contributed by atoms with Crippen molar-refractivity contribution in [3.8, 4) is 11.5 Å². The number of benzene rings is 3. The molecule has 1 aliphatic heterocycles. The first-order valence-electron chi connectivity index (χ1n) is 10.1. The lowest BCUT2D eigenvalue weighted by atomic mass is 9.94. The maximum absolute atomic E-state index is 13.2. The molecule has 1 aliphatic rings. The molecule has 1 atom stereocenters. The first-order valence-corrected chi connectivity index (χ1v) is 10.1. The molecular weight excluding hydrogens is 406 g/mol. The number of carbonyl (C=O) groups excluding carboxylic acids is 2. The number of Topliss-reactive ketones (excluding diaryl/α,β-unsaturated/α-hetero) is 1. The molecule has 6 heteroatoms. The average molecular weight is 429 g/mol. The van der Waals surface area contributed by atoms with Crippen LogP contribution in [0.5, 0.6) is 11.5 Å². The molecule has 1 unspecified atom stereocenters. The number of aliphatic hydroxyl groups excluding tert-OH is 1. The van der Waals surface area contributed by atoms with Crippen molar-refractivity contribution in [1.82, 2.24) is 0 Å². The number of rotatable bonds is 4. The second kappa shape index (κ2) is 8.23. The number of amides is 1. The number of methoxy groups -OCH3 is 1. The van der Waals surface area contributed by atoms with Gasteiger partial charge in [-0.05, 0) is 55.3 Å². The van der Waals surface area contributed by atoms with Crippen molar-refractivity contribution < 1.29 is 24.5 Å². The summed E-state index contributed by atoms with van der Waals surface area (Å²) in [4.78, 5) is 27.8. The van der Waals surface area contributed by atoms with E-state index in [9.17, 15) is 19.8 Å². The molecule has 1 fully saturated rings. The van der Waals surface area contributed by atoms with E-state index < -0.39 is 17.7 Å². The fourth-order valence-electron chi connectivity index (χ4n) is 4.05. The number of hydrogen-bond acceptors (Lipinski definition) is 5. The molecule has 2 N–H and O–H groups in total. The van der Waals surface area contributed by atoms with E-state index in [2.05, 4.69) is 0 Å². The lowest BCUT2D eigenvalue weighted by Crippen LogP contribution is -2.30. The number of aryl methyl sites for hydroxylation is 2. The summed E-state index contributed by atoms with van der Waals surface area (Å²) in [7, 11) is 1.51. The third kappa shape index (κ3) is 3.60. The quantitative estimate of drug-likeness (QED) is 0.358. The Hall–Kier alpha value is -4.06. The summed E-state index contributed by atoms with van der Waals surface area (Å²) >= 11 is 0. The fourth-order valence-corrected chi connectivity index (χ4v) is 4.05. The van der Waals surface area contributed by atoms with Gasteiger partial charge in [0.1, 0.15) is 17.3 Å². The van der Waals surface area contributed by atoms with E-state index in [1.54, 1.807) is 42.5 Å². The molecule has 6 nitrogen and oxygen atoms in total. The molecule has 0 spiro atoms. The minimum Gasteiger partial charge on any atom is -0.508 e. The van der Waals surface area contributed by atoms with Gasteiger partial charge in [0.05, 0.1) is 18.7 Å². The predicted octanol–water partition coefficient (Wildman–Crippen LogP) is 4.64. The maximum atomic E-state index is 13.2. The molecule has 0 aliphatic carbocycles. The zero-order chi connectivity index (χ0) is 23.0. The van der Waals surface area contributed by atoms with Crippen LogP contribution in [0.25, 0.3) is 5.76 Å². The Labute approximate surface area is 186 Å². The van der Waals surface area contributed by atoms with Crippen molar-refractivity contribution in [3.05, 3.63) is 94.6 Å². The van der Waals surface area contributed by atoms with E-state index in [0.29, 0.717) is 22.6 Å². The zero-order valence-electron chi connectivity index (χ0n) is 18.0. The van der Waals surface area contributed by atoms with Gasteiger partial charge in [0.2, 0.25) is 0 Å². The van der Waals surface area contributed by atoms with Crippen molar-refractivity contribution >= 4 is 23.1 Å². The monoisotopic (exact) mass is 429 g/mol. The van der Waals surface area contributed by atoms with Crippen molar-refractivity contribution in [2.45, 2.75) is 19.9 Å². The summed E-state index contributed by atoms with van der Waals surface area (Å²) in [5.74, 6) is -1.21. The zero-order valence-corrected chi connectivity index (χ0v) is 18.0. The summed E-state index contributed by atoms with van der Waals surface area (Å²) in [6.07, 6.45) is 0. The summed E-state index contributed by atoms with van der Waals surface area (Å²) in [6, 6.07) is 17.7. The summed E-state index contributed by atoms with van der Waals surface area (Å²) in [6.45, 7) is 3.82. The molecule has 4 rings (SSSR count). The number of aromatic hydroxyl groups is 1. The van der Waals surface area contributed by atoms with E-state index in [0.717, 1.165) is 11.1 Å². The van der Waals surface area contributed by atoms with Gasteiger partial charge in [-0.2, -0.15) is 0 Å². The van der Waals surface area contributed by atoms with Crippen LogP contribution in [0.15, 0.2) is 72.3 Å². The molecule has 1 amide bonds. The first kappa shape index (κ1) is 21.2. The topological polar surface area (TPSA) is 87.1 Å². The Morgan fingerprint density at radius 1 is 0.969 bits per heavy atom. The highest BCUT2D eigenvalue weighted by atomic mass is 16.5. The van der Waals surface area contributed by atoms with E-state index in [1.165, 1.54) is 24.1 Å². The number of aliphatic hydroxyl groups is 1. The third-order valence-electron chi connectivity index (χ3n) is 5.61. The molecule has 32 heavy (non-hydrogen) atoms. The largest absolute Gasteiger partial charge is 0.508 e. The summed E-state index contributed by atoms with van der Waals surface area (Å²) in [5, 5.41) is 20.9. The van der Waals surface area contributed by atoms with Gasteiger partial charge in [-0.3, -0.25) is 14.5 Å². The van der Waals surface area contributed by atoms with Crippen LogP contribution in [0.4, 0.5) is 5.69 Å². The van der Waals surface area contributed by atoms with Gasteiger partial charge in [0, 0.05) is 11.3 Å². The van der Waals surface area contributed by atoms with Gasteiger partial charge in [0.25, 0.3) is 11.7 Å². The molecular formula is C26H23NO5. The molecule has 162 valence electrons. The first-order chi connectivity index (χ1) is 15.3. The SMILES string of the molecule is COc1cccc(/C(O)=C2\C(=O)C(=O)N(c3ccc(C)cc3C)C2c2ccc(O)cc2)c1. The van der Waals surface area contributed by atoms with Gasteiger partial charge in [-0.15, -0.1) is 0 Å². The lowest BCUT2D eigenvalue weighted by molar-refractivity contribution is -0.132. The minimum atomic E-state index is -0.858. The van der Waals surface area contributed by atoms with Gasteiger partial charge in [-0.1, -0.05) is 42.0 Å². The highest BCUT2D eigenvalue weighted by Crippen LogP contribution is 2.43. The van der Waals surface area contributed by atoms with E-state index >= 15 is 0 Å². The van der Waals surface area contributed by atoms with Crippen LogP contribution in [-0.2, 0) is 9.59 Å². The van der Waals surface area contributed by atoms with Crippen LogP contribution >= 0.6 is 0 Å². The Morgan fingerprint density at radius 3 is 2.34 bits per heavy atom. The van der Waals surface area contributed by atoms with Crippen LogP contribution in [0.2, 0.25) is 0 Å². The number of ketones is 1. The molecule has 0 bridgehead atoms. The van der Waals surface area contributed by atoms with Crippen molar-refractivity contribution in [2.75, 3.05) is 12.0 Å². The summed E-state index contributed by atoms with van der Waals surface area (Å²) < 4.78 is 5.23. The molecule has 0 radical (unpaired) electrons. The molecule has 0 aromatic heterocycles. The maximum Gasteiger partial charge on any atom is 0.300 e. The third-order valence-corrected chi connectivity index (χ3v) is 5.61. The smallest absolute Gasteiger partial charge is 0.300 e. The predicted molar refractivity (Wildman–Crippen MR) is 122 cm³/mol. The van der Waals surface area contributed by atoms with E-state index in [1.807, 2.05) is 26.0 Å². The molecule has 3 aromatic carbocycles. The Kier molecular flexibility index (Phi) is 5.45. The number of hydrogen-bond donors (Lipinski definition) is 2. The second-order valence-corrected chi connectivity index (χ2v) is 7.78. The number of phenols is 1. The Morgan fingerprint density at radius 2 is 1.69 bits per heavy atom. The molecule has 0 saturated carbocycles. The normalized spacial score (nSPS) is 17.6. The summed E-state index contributed by atoms with van der Waals surface area (Å²) in [5.41, 5.74) is 3.38. The van der Waals surface area contributed by atoms with Crippen LogP contribution in [-0.4, -0.2) is 29.0 Å². The number of anilines is 1. The Balaban J connectivity index is 1.96. The van der Waals surface area contributed by atoms with E-state index in [4.69, 9.17) is 4.74 Å². The van der Waals surface area contributed by atoms with Crippen LogP contribution < -0.4 is 9.64 Å². The van der Waals surface area contributed by atoms with Gasteiger partial charge >= 0.3 is 0 Å². The standard InChI is InChI=1S/C26H23NO5/c1-15-7-12-21(16(2)13-15)27-23(17-8-10-19(28)11-9-17)22(25(30)26(27)31)24(29)18-5-4-6-20(14-18)32-3/h4-14,23,28-29H,1-3H3/b24-22+. The molecule has 1 heterocycles. The molecule has 3 aromatic rings. The molecule has 1 saturated heterocycles. The average Bonchev–Trinajstić information content (AvgIpc) is 3.04. The van der Waals surface area contributed by atoms with E-state index in [-0.39, 0.29) is 17.1 Å². The van der Waals surface area contributed by atoms with Gasteiger partial charge in [-0.25, -0.2) is 0 Å². The lowest BCUT2D eigenvalue weighted by Gasteiger charge is -2.27. The Bertz CT molecular complexity index is 1240. The van der Waals surface area contributed by atoms with Gasteiger partial charge < -0.3 is 14.9 Å². The number of carbonyl (C=O) groups is 2. The second-order valence-electron chi connectivity index (χ2n) is 7.78. The van der Waals surface area contributed by atoms with Crippen molar-refractivity contribution in [3.63, 3.8) is 0 Å². The van der Waals surface area contributed by atoms with Crippen molar-refractivity contribution in [2.24, 2.45) is 0 Å². The number of phenolic OH excluding ortho intramolecular Hbond substituents is 1. The number of ether oxygens (including phenoxy) is 1. The van der Waals surface area contributed by atoms with Crippen LogP contribution in [0, 0.1) is 13.8 Å². The van der Waals surface area contributed by atoms with Crippen molar-refractivity contribution in [1.29, 1.82) is 0 Å². The highest BCUT2D eigenvalue weighted by molar-refractivity contribution is 6.51. The highest BCUT2D eigenvalue weighted by Gasteiger charge is 2.47.